The van der Waals surface area contributed by atoms with Crippen molar-refractivity contribution < 1.29 is 32.5 Å². The fourth-order valence-corrected chi connectivity index (χ4v) is 2.86. The molecule has 0 fully saturated rings. The van der Waals surface area contributed by atoms with Crippen molar-refractivity contribution in [3.63, 3.8) is 0 Å². The van der Waals surface area contributed by atoms with E-state index < -0.39 is 36.2 Å². The third-order valence-corrected chi connectivity index (χ3v) is 4.05. The summed E-state index contributed by atoms with van der Waals surface area (Å²) in [5.74, 6) is -0.620. The van der Waals surface area contributed by atoms with Crippen LogP contribution in [0.5, 0.6) is 5.75 Å². The molecule has 0 aliphatic carbocycles. The average Bonchev–Trinajstić information content (AvgIpc) is 2.57. The van der Waals surface area contributed by atoms with E-state index >= 15 is 0 Å². The Morgan fingerprint density at radius 2 is 2.04 bits per heavy atom. The molecule has 0 amide bonds. The Balaban J connectivity index is 2.07. The van der Waals surface area contributed by atoms with Crippen LogP contribution >= 0.6 is 11.6 Å². The van der Waals surface area contributed by atoms with Crippen LogP contribution in [0.1, 0.15) is 17.2 Å². The molecule has 140 valence electrons. The summed E-state index contributed by atoms with van der Waals surface area (Å²) in [4.78, 5) is 4.71. The van der Waals surface area contributed by atoms with E-state index in [1.165, 1.54) is 30.6 Å². The van der Waals surface area contributed by atoms with Gasteiger partial charge in [-0.2, -0.15) is 8.78 Å². The van der Waals surface area contributed by atoms with Gasteiger partial charge in [-0.05, 0) is 17.7 Å². The van der Waals surface area contributed by atoms with Gasteiger partial charge in [0.15, 0.2) is 5.75 Å². The largest absolute Gasteiger partial charge is 0.444 e. The van der Waals surface area contributed by atoms with Crippen LogP contribution in [0.15, 0.2) is 36.7 Å². The number of ether oxygens (including phenoxy) is 1. The predicted molar refractivity (Wildman–Crippen MR) is 84.4 cm³/mol. The zero-order chi connectivity index (χ0) is 19.1. The Morgan fingerprint density at radius 1 is 1.31 bits per heavy atom. The van der Waals surface area contributed by atoms with Crippen LogP contribution in [0.3, 0.4) is 0 Å². The molecule has 2 aromatic rings. The van der Waals surface area contributed by atoms with Gasteiger partial charge in [-0.3, -0.25) is 4.98 Å². The summed E-state index contributed by atoms with van der Waals surface area (Å²) < 4.78 is 58.4. The summed E-state index contributed by atoms with van der Waals surface area (Å²) in [5.41, 5.74) is -0.168. The molecule has 2 unspecified atom stereocenters. The first-order chi connectivity index (χ1) is 12.2. The maximum absolute atomic E-state index is 14.1. The molecule has 0 spiro atoms. The van der Waals surface area contributed by atoms with Crippen LogP contribution in [-0.2, 0) is 6.54 Å². The Labute approximate surface area is 150 Å². The lowest BCUT2D eigenvalue weighted by Gasteiger charge is -2.40. The molecule has 1 aliphatic heterocycles. The molecule has 0 bridgehead atoms. The highest BCUT2D eigenvalue weighted by molar-refractivity contribution is 6.30. The predicted octanol–water partition coefficient (Wildman–Crippen LogP) is 3.34. The fraction of sp³-hybridized carbons (Fsp3) is 0.312. The van der Waals surface area contributed by atoms with Crippen LogP contribution in [-0.4, -0.2) is 34.0 Å². The van der Waals surface area contributed by atoms with Crippen LogP contribution in [0.4, 0.5) is 23.2 Å². The van der Waals surface area contributed by atoms with E-state index in [1.54, 1.807) is 0 Å². The van der Waals surface area contributed by atoms with Gasteiger partial charge in [0, 0.05) is 24.5 Å². The number of aromatic nitrogens is 1. The number of para-hydroxylation sites is 1. The second kappa shape index (κ2) is 6.90. The van der Waals surface area contributed by atoms with Gasteiger partial charge >= 0.3 is 6.11 Å². The van der Waals surface area contributed by atoms with E-state index in [2.05, 4.69) is 9.72 Å². The van der Waals surface area contributed by atoms with Gasteiger partial charge in [0.1, 0.15) is 6.10 Å². The molecule has 2 N–H and O–H groups in total. The lowest BCUT2D eigenvalue weighted by atomic mass is 10.0. The Hall–Kier alpha value is -2.10. The summed E-state index contributed by atoms with van der Waals surface area (Å²) in [6.07, 6.45) is -9.27. The van der Waals surface area contributed by atoms with Crippen molar-refractivity contribution >= 4 is 17.3 Å². The Kier molecular flexibility index (Phi) is 4.96. The average molecular weight is 393 g/mol. The molecule has 2 atom stereocenters. The molecule has 0 radical (unpaired) electrons. The van der Waals surface area contributed by atoms with Crippen molar-refractivity contribution in [2.45, 2.75) is 31.4 Å². The van der Waals surface area contributed by atoms with E-state index in [-0.39, 0.29) is 17.3 Å². The number of fused-ring (bicyclic) bond motifs is 1. The molecule has 0 saturated carbocycles. The third-order valence-electron chi connectivity index (χ3n) is 3.84. The first-order valence-electron chi connectivity index (χ1n) is 7.41. The highest BCUT2D eigenvalue weighted by Gasteiger charge is 2.51. The summed E-state index contributed by atoms with van der Waals surface area (Å²) >= 11 is 5.82. The SMILES string of the molecule is OC(c1cccc2c1OC(F)(F)C(O)N2Cc1cncc(Cl)c1)C(F)F. The van der Waals surface area contributed by atoms with Gasteiger partial charge in [-0.1, -0.05) is 23.7 Å². The highest BCUT2D eigenvalue weighted by atomic mass is 35.5. The summed E-state index contributed by atoms with van der Waals surface area (Å²) in [6, 6.07) is 5.13. The van der Waals surface area contributed by atoms with Crippen molar-refractivity contribution in [2.75, 3.05) is 4.90 Å². The quantitative estimate of drug-likeness (QED) is 0.781. The maximum Gasteiger partial charge on any atom is 0.444 e. The lowest BCUT2D eigenvalue weighted by Crippen LogP contribution is -2.54. The number of alkyl halides is 4. The number of aliphatic hydroxyl groups excluding tert-OH is 2. The van der Waals surface area contributed by atoms with Crippen molar-refractivity contribution in [2.24, 2.45) is 0 Å². The van der Waals surface area contributed by atoms with E-state index in [4.69, 9.17) is 11.6 Å². The lowest BCUT2D eigenvalue weighted by molar-refractivity contribution is -0.246. The van der Waals surface area contributed by atoms with E-state index in [9.17, 15) is 27.8 Å². The molecule has 10 heteroatoms. The molecule has 1 aromatic carbocycles. The van der Waals surface area contributed by atoms with Gasteiger partial charge in [-0.15, -0.1) is 0 Å². The second-order valence-corrected chi connectivity index (χ2v) is 6.09. The minimum Gasteiger partial charge on any atom is -0.427 e. The first-order valence-corrected chi connectivity index (χ1v) is 7.78. The van der Waals surface area contributed by atoms with Crippen LogP contribution in [0, 0.1) is 0 Å². The number of halogens is 5. The zero-order valence-electron chi connectivity index (χ0n) is 13.0. The molecule has 2 heterocycles. The number of hydrogen-bond acceptors (Lipinski definition) is 5. The van der Waals surface area contributed by atoms with Gasteiger partial charge in [0.2, 0.25) is 6.23 Å². The van der Waals surface area contributed by atoms with Crippen molar-refractivity contribution in [3.8, 4) is 5.75 Å². The smallest absolute Gasteiger partial charge is 0.427 e. The summed E-state index contributed by atoms with van der Waals surface area (Å²) in [5, 5.41) is 19.9. The molecule has 0 saturated heterocycles. The number of rotatable bonds is 4. The highest BCUT2D eigenvalue weighted by Crippen LogP contribution is 2.46. The van der Waals surface area contributed by atoms with Gasteiger partial charge in [0.25, 0.3) is 6.43 Å². The van der Waals surface area contributed by atoms with Gasteiger partial charge in [-0.25, -0.2) is 8.78 Å². The topological polar surface area (TPSA) is 65.8 Å². The van der Waals surface area contributed by atoms with Gasteiger partial charge < -0.3 is 19.8 Å². The van der Waals surface area contributed by atoms with Crippen LogP contribution in [0.2, 0.25) is 5.02 Å². The number of anilines is 1. The normalized spacial score (nSPS) is 19.8. The van der Waals surface area contributed by atoms with Crippen molar-refractivity contribution in [1.29, 1.82) is 0 Å². The summed E-state index contributed by atoms with van der Waals surface area (Å²) in [6.45, 7) is -0.241. The molecule has 1 aliphatic rings. The van der Waals surface area contributed by atoms with Crippen molar-refractivity contribution in [3.05, 3.63) is 52.8 Å². The number of nitrogens with zero attached hydrogens (tertiary/aromatic N) is 2. The first kappa shape index (κ1) is 18.7. The third kappa shape index (κ3) is 3.42. The van der Waals surface area contributed by atoms with E-state index in [1.807, 2.05) is 0 Å². The minimum absolute atomic E-state index is 0.0689. The molecule has 3 rings (SSSR count). The maximum atomic E-state index is 14.1. The molecule has 5 nitrogen and oxygen atoms in total. The molecule has 26 heavy (non-hydrogen) atoms. The molecular formula is C16H13ClF4N2O3. The van der Waals surface area contributed by atoms with Crippen molar-refractivity contribution in [1.82, 2.24) is 4.98 Å². The number of benzene rings is 1. The molecular weight excluding hydrogens is 380 g/mol. The van der Waals surface area contributed by atoms with E-state index in [0.717, 1.165) is 11.0 Å². The van der Waals surface area contributed by atoms with Gasteiger partial charge in [0.05, 0.1) is 10.7 Å². The minimum atomic E-state index is -4.09. The van der Waals surface area contributed by atoms with Crippen LogP contribution < -0.4 is 9.64 Å². The molecule has 1 aromatic heterocycles. The standard InChI is InChI=1S/C16H13ClF4N2O3/c17-9-4-8(5-22-6-9)7-23-11-3-1-2-10(12(24)14(18)19)13(11)26-16(20,21)15(23)25/h1-6,12,14-15,24-25H,7H2. The zero-order valence-corrected chi connectivity index (χ0v) is 13.7. The Morgan fingerprint density at radius 3 is 2.69 bits per heavy atom. The number of hydrogen-bond donors (Lipinski definition) is 2. The second-order valence-electron chi connectivity index (χ2n) is 5.65. The fourth-order valence-electron chi connectivity index (χ4n) is 2.66. The summed E-state index contributed by atoms with van der Waals surface area (Å²) in [7, 11) is 0. The van der Waals surface area contributed by atoms with Crippen LogP contribution in [0.25, 0.3) is 0 Å². The van der Waals surface area contributed by atoms with E-state index in [0.29, 0.717) is 5.56 Å². The number of aliphatic hydroxyl groups is 2. The Bertz CT molecular complexity index is 809. The monoisotopic (exact) mass is 392 g/mol. The number of pyridine rings is 1.